The van der Waals surface area contributed by atoms with Crippen molar-refractivity contribution in [3.05, 3.63) is 0 Å². The summed E-state index contributed by atoms with van der Waals surface area (Å²) in [4.78, 5) is 0.536. The molecule has 0 aliphatic carbocycles. The Kier molecular flexibility index (Phi) is 8.26. The standard InChI is InChI=1S/C14H31BrOSi/c1-7-8-9-10-11-13(15)12-16-17(5,6)14(2,3)4/h13H,7-12H2,1-6H3. The molecule has 0 aliphatic heterocycles. The quantitative estimate of drug-likeness (QED) is 0.314. The zero-order chi connectivity index (χ0) is 13.5. The van der Waals surface area contributed by atoms with E-state index in [0.29, 0.717) is 9.87 Å². The molecule has 17 heavy (non-hydrogen) atoms. The summed E-state index contributed by atoms with van der Waals surface area (Å²) in [6.07, 6.45) is 6.61. The van der Waals surface area contributed by atoms with Crippen molar-refractivity contribution in [3.8, 4) is 0 Å². The van der Waals surface area contributed by atoms with E-state index in [4.69, 9.17) is 4.43 Å². The number of hydrogen-bond donors (Lipinski definition) is 0. The molecule has 0 spiro atoms. The molecular formula is C14H31BrOSi. The highest BCUT2D eigenvalue weighted by molar-refractivity contribution is 9.09. The lowest BCUT2D eigenvalue weighted by molar-refractivity contribution is 0.284. The molecule has 0 aromatic heterocycles. The Bertz CT molecular complexity index is 199. The summed E-state index contributed by atoms with van der Waals surface area (Å²) in [5.41, 5.74) is 0. The average Bonchev–Trinajstić information content (AvgIpc) is 2.20. The first-order chi connectivity index (χ1) is 7.70. The van der Waals surface area contributed by atoms with Gasteiger partial charge >= 0.3 is 0 Å². The SMILES string of the molecule is CCCCCCC(Br)CO[Si](C)(C)C(C)(C)C. The van der Waals surface area contributed by atoms with E-state index in [1.807, 2.05) is 0 Å². The van der Waals surface area contributed by atoms with Gasteiger partial charge in [-0.3, -0.25) is 0 Å². The lowest BCUT2D eigenvalue weighted by Gasteiger charge is -2.36. The third kappa shape index (κ3) is 7.63. The van der Waals surface area contributed by atoms with Crippen molar-refractivity contribution in [3.63, 3.8) is 0 Å². The Morgan fingerprint density at radius 3 is 2.18 bits per heavy atom. The van der Waals surface area contributed by atoms with Gasteiger partial charge in [-0.1, -0.05) is 69.3 Å². The van der Waals surface area contributed by atoms with Crippen LogP contribution >= 0.6 is 15.9 Å². The second kappa shape index (κ2) is 7.95. The van der Waals surface area contributed by atoms with Crippen LogP contribution in [0.4, 0.5) is 0 Å². The summed E-state index contributed by atoms with van der Waals surface area (Å²) < 4.78 is 6.20. The van der Waals surface area contributed by atoms with Crippen LogP contribution in [0.3, 0.4) is 0 Å². The highest BCUT2D eigenvalue weighted by atomic mass is 79.9. The molecule has 0 rings (SSSR count). The van der Waals surface area contributed by atoms with Crippen molar-refractivity contribution >= 4 is 24.2 Å². The third-order valence-electron chi connectivity index (χ3n) is 3.80. The molecule has 0 amide bonds. The minimum absolute atomic E-state index is 0.321. The van der Waals surface area contributed by atoms with Crippen LogP contribution in [-0.2, 0) is 4.43 Å². The zero-order valence-corrected chi connectivity index (χ0v) is 15.2. The van der Waals surface area contributed by atoms with E-state index >= 15 is 0 Å². The van der Waals surface area contributed by atoms with Crippen LogP contribution in [0.5, 0.6) is 0 Å². The molecule has 1 atom stereocenters. The molecule has 0 fully saturated rings. The summed E-state index contributed by atoms with van der Waals surface area (Å²) >= 11 is 3.75. The molecule has 0 aromatic carbocycles. The maximum Gasteiger partial charge on any atom is 0.192 e. The summed E-state index contributed by atoms with van der Waals surface area (Å²) in [5, 5.41) is 0.321. The Balaban J connectivity index is 3.80. The topological polar surface area (TPSA) is 9.23 Å². The van der Waals surface area contributed by atoms with Gasteiger partial charge in [-0.15, -0.1) is 0 Å². The molecule has 0 radical (unpaired) electrons. The van der Waals surface area contributed by atoms with Gasteiger partial charge in [0.25, 0.3) is 0 Å². The van der Waals surface area contributed by atoms with Gasteiger partial charge in [0.2, 0.25) is 0 Å². The van der Waals surface area contributed by atoms with Crippen LogP contribution < -0.4 is 0 Å². The van der Waals surface area contributed by atoms with Crippen LogP contribution in [0.1, 0.15) is 59.8 Å². The second-order valence-corrected chi connectivity index (χ2v) is 12.6. The van der Waals surface area contributed by atoms with Gasteiger partial charge in [0.05, 0.1) is 0 Å². The van der Waals surface area contributed by atoms with Gasteiger partial charge in [0, 0.05) is 11.4 Å². The van der Waals surface area contributed by atoms with E-state index in [0.717, 1.165) is 6.61 Å². The minimum Gasteiger partial charge on any atom is -0.416 e. The summed E-state index contributed by atoms with van der Waals surface area (Å²) in [7, 11) is -1.55. The fourth-order valence-corrected chi connectivity index (χ4v) is 3.14. The Hall–Kier alpha value is 0.657. The summed E-state index contributed by atoms with van der Waals surface area (Å²) in [6, 6.07) is 0. The molecule has 104 valence electrons. The number of unbranched alkanes of at least 4 members (excludes halogenated alkanes) is 3. The fourth-order valence-electron chi connectivity index (χ4n) is 1.39. The maximum atomic E-state index is 6.20. The van der Waals surface area contributed by atoms with Gasteiger partial charge in [-0.05, 0) is 24.6 Å². The van der Waals surface area contributed by atoms with Gasteiger partial charge in [-0.25, -0.2) is 0 Å². The monoisotopic (exact) mass is 322 g/mol. The van der Waals surface area contributed by atoms with Crippen molar-refractivity contribution in [1.29, 1.82) is 0 Å². The zero-order valence-electron chi connectivity index (χ0n) is 12.6. The van der Waals surface area contributed by atoms with Gasteiger partial charge in [0.15, 0.2) is 8.32 Å². The highest BCUT2D eigenvalue weighted by Crippen LogP contribution is 2.36. The van der Waals surface area contributed by atoms with Crippen LogP contribution in [0, 0.1) is 0 Å². The number of halogens is 1. The molecule has 0 bridgehead atoms. The molecule has 0 N–H and O–H groups in total. The van der Waals surface area contributed by atoms with Crippen LogP contribution in [0.25, 0.3) is 0 Å². The molecular weight excluding hydrogens is 292 g/mol. The predicted octanol–water partition coefficient (Wildman–Crippen LogP) is 5.74. The van der Waals surface area contributed by atoms with Crippen molar-refractivity contribution in [2.75, 3.05) is 6.61 Å². The molecule has 0 aromatic rings. The number of hydrogen-bond acceptors (Lipinski definition) is 1. The van der Waals surface area contributed by atoms with Crippen molar-refractivity contribution < 1.29 is 4.43 Å². The van der Waals surface area contributed by atoms with Gasteiger partial charge in [-0.2, -0.15) is 0 Å². The first-order valence-electron chi connectivity index (χ1n) is 6.98. The first-order valence-corrected chi connectivity index (χ1v) is 10.8. The lowest BCUT2D eigenvalue weighted by atomic mass is 10.1. The largest absolute Gasteiger partial charge is 0.416 e. The summed E-state index contributed by atoms with van der Waals surface area (Å²) in [5.74, 6) is 0. The van der Waals surface area contributed by atoms with E-state index in [1.54, 1.807) is 0 Å². The summed E-state index contributed by atoms with van der Waals surface area (Å²) in [6.45, 7) is 14.7. The van der Waals surface area contributed by atoms with E-state index in [9.17, 15) is 0 Å². The Morgan fingerprint density at radius 2 is 1.71 bits per heavy atom. The smallest absolute Gasteiger partial charge is 0.192 e. The lowest BCUT2D eigenvalue weighted by Crippen LogP contribution is -2.42. The van der Waals surface area contributed by atoms with Crippen LogP contribution in [0.15, 0.2) is 0 Å². The minimum atomic E-state index is -1.55. The fraction of sp³-hybridized carbons (Fsp3) is 1.00. The van der Waals surface area contributed by atoms with E-state index in [-0.39, 0.29) is 0 Å². The maximum absolute atomic E-state index is 6.20. The Morgan fingerprint density at radius 1 is 1.12 bits per heavy atom. The van der Waals surface area contributed by atoms with Gasteiger partial charge in [0.1, 0.15) is 0 Å². The van der Waals surface area contributed by atoms with E-state index in [1.165, 1.54) is 32.1 Å². The van der Waals surface area contributed by atoms with E-state index in [2.05, 4.69) is 56.7 Å². The second-order valence-electron chi connectivity index (χ2n) is 6.52. The average molecular weight is 323 g/mol. The predicted molar refractivity (Wildman–Crippen MR) is 84.6 cm³/mol. The van der Waals surface area contributed by atoms with Gasteiger partial charge < -0.3 is 4.43 Å². The molecule has 1 nitrogen and oxygen atoms in total. The highest BCUT2D eigenvalue weighted by Gasteiger charge is 2.37. The van der Waals surface area contributed by atoms with Crippen molar-refractivity contribution in [2.24, 2.45) is 0 Å². The molecule has 3 heteroatoms. The van der Waals surface area contributed by atoms with Crippen LogP contribution in [-0.4, -0.2) is 19.8 Å². The molecule has 1 unspecified atom stereocenters. The first kappa shape index (κ1) is 17.7. The number of rotatable bonds is 8. The molecule has 0 saturated carbocycles. The Labute approximate surface area is 118 Å². The third-order valence-corrected chi connectivity index (χ3v) is 9.03. The normalized spacial score (nSPS) is 15.0. The molecule has 0 aliphatic rings. The van der Waals surface area contributed by atoms with Crippen molar-refractivity contribution in [1.82, 2.24) is 0 Å². The molecule has 0 heterocycles. The van der Waals surface area contributed by atoms with Crippen molar-refractivity contribution in [2.45, 2.75) is 82.8 Å². The van der Waals surface area contributed by atoms with Crippen LogP contribution in [0.2, 0.25) is 18.1 Å². The van der Waals surface area contributed by atoms with E-state index < -0.39 is 8.32 Å². The molecule has 0 saturated heterocycles. The number of alkyl halides is 1.